The van der Waals surface area contributed by atoms with E-state index < -0.39 is 18.3 Å². The SMILES string of the molecule is CC1(C)OB(c2ccc(CNc3nnc4ccc(Cl)cn34)c(F)c2)OC1(C)C. The van der Waals surface area contributed by atoms with Crippen LogP contribution in [0.4, 0.5) is 10.3 Å². The summed E-state index contributed by atoms with van der Waals surface area (Å²) in [5.41, 5.74) is 0.872. The van der Waals surface area contributed by atoms with Gasteiger partial charge in [-0.2, -0.15) is 0 Å². The van der Waals surface area contributed by atoms with Crippen LogP contribution in [0.5, 0.6) is 0 Å². The van der Waals surface area contributed by atoms with Crippen molar-refractivity contribution in [3.05, 3.63) is 52.9 Å². The first kappa shape index (κ1) is 19.2. The Bertz CT molecular complexity index is 1020. The van der Waals surface area contributed by atoms with Gasteiger partial charge in [0, 0.05) is 18.3 Å². The molecule has 2 aromatic heterocycles. The van der Waals surface area contributed by atoms with E-state index in [4.69, 9.17) is 20.9 Å². The van der Waals surface area contributed by atoms with Crippen molar-refractivity contribution in [1.29, 1.82) is 0 Å². The number of fused-ring (bicyclic) bond motifs is 1. The number of benzene rings is 1. The van der Waals surface area contributed by atoms with E-state index in [0.717, 1.165) is 0 Å². The van der Waals surface area contributed by atoms with Gasteiger partial charge in [0.2, 0.25) is 5.95 Å². The van der Waals surface area contributed by atoms with E-state index in [0.29, 0.717) is 27.6 Å². The number of rotatable bonds is 4. The molecule has 28 heavy (non-hydrogen) atoms. The summed E-state index contributed by atoms with van der Waals surface area (Å²) in [5.74, 6) is 0.151. The van der Waals surface area contributed by atoms with Gasteiger partial charge in [0.1, 0.15) is 5.82 Å². The highest BCUT2D eigenvalue weighted by molar-refractivity contribution is 6.62. The summed E-state index contributed by atoms with van der Waals surface area (Å²) in [6.45, 7) is 8.13. The van der Waals surface area contributed by atoms with Gasteiger partial charge < -0.3 is 14.6 Å². The standard InChI is InChI=1S/C19H21BClFN4O2/c1-18(2)19(3,4)28-20(27-18)13-6-5-12(15(22)9-13)10-23-17-25-24-16-8-7-14(21)11-26(16)17/h5-9,11H,10H2,1-4H3,(H,23,25). The van der Waals surface area contributed by atoms with Gasteiger partial charge in [0.25, 0.3) is 0 Å². The number of hydrogen-bond acceptors (Lipinski definition) is 5. The molecule has 0 bridgehead atoms. The molecule has 0 saturated carbocycles. The Hall–Kier alpha value is -2.16. The van der Waals surface area contributed by atoms with Gasteiger partial charge in [0.05, 0.1) is 16.2 Å². The van der Waals surface area contributed by atoms with E-state index in [1.165, 1.54) is 6.07 Å². The van der Waals surface area contributed by atoms with Crippen LogP contribution in [0, 0.1) is 5.82 Å². The third-order valence-corrected chi connectivity index (χ3v) is 5.63. The molecule has 146 valence electrons. The van der Waals surface area contributed by atoms with Crippen molar-refractivity contribution in [3.63, 3.8) is 0 Å². The van der Waals surface area contributed by atoms with Gasteiger partial charge in [-0.25, -0.2) is 4.39 Å². The zero-order chi connectivity index (χ0) is 20.1. The fourth-order valence-electron chi connectivity index (χ4n) is 2.99. The lowest BCUT2D eigenvalue weighted by Gasteiger charge is -2.32. The summed E-state index contributed by atoms with van der Waals surface area (Å²) in [7, 11) is -0.593. The lowest BCUT2D eigenvalue weighted by Crippen LogP contribution is -2.41. The number of hydrogen-bond donors (Lipinski definition) is 1. The summed E-state index contributed by atoms with van der Waals surface area (Å²) in [4.78, 5) is 0. The smallest absolute Gasteiger partial charge is 0.399 e. The van der Waals surface area contributed by atoms with Gasteiger partial charge in [0.15, 0.2) is 5.65 Å². The molecular formula is C19H21BClFN4O2. The van der Waals surface area contributed by atoms with Gasteiger partial charge in [-0.1, -0.05) is 23.7 Å². The Morgan fingerprint density at radius 1 is 1.11 bits per heavy atom. The van der Waals surface area contributed by atoms with Crippen molar-refractivity contribution < 1.29 is 13.7 Å². The fraction of sp³-hybridized carbons (Fsp3) is 0.368. The summed E-state index contributed by atoms with van der Waals surface area (Å²) in [6, 6.07) is 8.50. The van der Waals surface area contributed by atoms with Gasteiger partial charge in [-0.15, -0.1) is 10.2 Å². The van der Waals surface area contributed by atoms with Crippen LogP contribution in [-0.2, 0) is 15.9 Å². The first-order valence-corrected chi connectivity index (χ1v) is 9.42. The zero-order valence-corrected chi connectivity index (χ0v) is 16.9. The molecule has 1 saturated heterocycles. The molecule has 1 aromatic carbocycles. The van der Waals surface area contributed by atoms with E-state index in [1.54, 1.807) is 28.8 Å². The van der Waals surface area contributed by atoms with Crippen LogP contribution in [0.1, 0.15) is 33.3 Å². The predicted octanol–water partition coefficient (Wildman–Crippen LogP) is 3.43. The first-order chi connectivity index (χ1) is 13.2. The molecule has 0 spiro atoms. The van der Waals surface area contributed by atoms with E-state index in [2.05, 4.69) is 15.5 Å². The van der Waals surface area contributed by atoms with Crippen LogP contribution in [0.3, 0.4) is 0 Å². The number of pyridine rings is 1. The van der Waals surface area contributed by atoms with Crippen molar-refractivity contribution >= 4 is 35.8 Å². The van der Waals surface area contributed by atoms with Gasteiger partial charge in [-0.3, -0.25) is 4.40 Å². The minimum absolute atomic E-state index is 0.253. The molecule has 1 fully saturated rings. The van der Waals surface area contributed by atoms with E-state index in [1.807, 2.05) is 33.8 Å². The maximum absolute atomic E-state index is 14.7. The minimum Gasteiger partial charge on any atom is -0.399 e. The minimum atomic E-state index is -0.593. The molecule has 1 N–H and O–H groups in total. The third kappa shape index (κ3) is 3.36. The second-order valence-electron chi connectivity index (χ2n) is 7.89. The zero-order valence-electron chi connectivity index (χ0n) is 16.2. The summed E-state index contributed by atoms with van der Waals surface area (Å²) in [5, 5.41) is 11.8. The molecule has 3 aromatic rings. The number of nitrogens with zero attached hydrogens (tertiary/aromatic N) is 3. The van der Waals surface area contributed by atoms with Crippen molar-refractivity contribution in [2.75, 3.05) is 5.32 Å². The van der Waals surface area contributed by atoms with Crippen LogP contribution >= 0.6 is 11.6 Å². The molecule has 0 unspecified atom stereocenters. The largest absolute Gasteiger partial charge is 0.494 e. The molecule has 0 aliphatic carbocycles. The lowest BCUT2D eigenvalue weighted by molar-refractivity contribution is 0.00578. The Kier molecular flexibility index (Phi) is 4.60. The molecule has 0 radical (unpaired) electrons. The average Bonchev–Trinajstić information content (AvgIpc) is 3.11. The van der Waals surface area contributed by atoms with Gasteiger partial charge in [-0.05, 0) is 51.4 Å². The molecule has 3 heterocycles. The fourth-order valence-corrected chi connectivity index (χ4v) is 3.15. The third-order valence-electron chi connectivity index (χ3n) is 5.41. The summed E-state index contributed by atoms with van der Waals surface area (Å²) < 4.78 is 28.4. The van der Waals surface area contributed by atoms with Crippen LogP contribution < -0.4 is 10.8 Å². The molecule has 1 aliphatic heterocycles. The molecular weight excluding hydrogens is 381 g/mol. The predicted molar refractivity (Wildman–Crippen MR) is 107 cm³/mol. The highest BCUT2D eigenvalue weighted by atomic mass is 35.5. The normalized spacial score (nSPS) is 18.0. The Morgan fingerprint density at radius 3 is 2.50 bits per heavy atom. The van der Waals surface area contributed by atoms with Crippen LogP contribution in [-0.4, -0.2) is 32.9 Å². The van der Waals surface area contributed by atoms with E-state index in [9.17, 15) is 4.39 Å². The van der Waals surface area contributed by atoms with E-state index in [-0.39, 0.29) is 12.4 Å². The Labute approximate surface area is 168 Å². The molecule has 6 nitrogen and oxygen atoms in total. The first-order valence-electron chi connectivity index (χ1n) is 9.04. The molecule has 0 atom stereocenters. The highest BCUT2D eigenvalue weighted by Gasteiger charge is 2.51. The second-order valence-corrected chi connectivity index (χ2v) is 8.33. The van der Waals surface area contributed by atoms with Crippen molar-refractivity contribution in [2.45, 2.75) is 45.4 Å². The summed E-state index contributed by atoms with van der Waals surface area (Å²) in [6.07, 6.45) is 1.71. The van der Waals surface area contributed by atoms with Crippen molar-refractivity contribution in [1.82, 2.24) is 14.6 Å². The maximum Gasteiger partial charge on any atom is 0.494 e. The summed E-state index contributed by atoms with van der Waals surface area (Å²) >= 11 is 6.02. The van der Waals surface area contributed by atoms with E-state index >= 15 is 0 Å². The monoisotopic (exact) mass is 402 g/mol. The molecule has 4 rings (SSSR count). The Morgan fingerprint density at radius 2 is 1.82 bits per heavy atom. The van der Waals surface area contributed by atoms with Crippen molar-refractivity contribution in [3.8, 4) is 0 Å². The quantitative estimate of drug-likeness (QED) is 0.678. The van der Waals surface area contributed by atoms with Gasteiger partial charge >= 0.3 is 7.12 Å². The topological polar surface area (TPSA) is 60.7 Å². The second kappa shape index (κ2) is 6.72. The highest BCUT2D eigenvalue weighted by Crippen LogP contribution is 2.36. The van der Waals surface area contributed by atoms with Crippen LogP contribution in [0.15, 0.2) is 36.5 Å². The number of anilines is 1. The molecule has 1 aliphatic rings. The number of halogens is 2. The average molecular weight is 403 g/mol. The Balaban J connectivity index is 1.50. The lowest BCUT2D eigenvalue weighted by atomic mass is 9.78. The molecule has 9 heteroatoms. The van der Waals surface area contributed by atoms with Crippen LogP contribution in [0.25, 0.3) is 5.65 Å². The van der Waals surface area contributed by atoms with Crippen molar-refractivity contribution in [2.24, 2.45) is 0 Å². The maximum atomic E-state index is 14.7. The number of nitrogens with one attached hydrogen (secondary N) is 1. The van der Waals surface area contributed by atoms with Crippen LogP contribution in [0.2, 0.25) is 5.02 Å². The molecule has 0 amide bonds. The number of aromatic nitrogens is 3.